The number of carbonyl (C=O) groups excluding carboxylic acids is 5. The van der Waals surface area contributed by atoms with Gasteiger partial charge in [0.1, 0.15) is 11.9 Å². The first kappa shape index (κ1) is 39.3. The Kier molecular flexibility index (Phi) is 12.2. The van der Waals surface area contributed by atoms with Gasteiger partial charge in [0.15, 0.2) is 11.5 Å². The maximum Gasteiger partial charge on any atom is 0.387 e. The Hall–Kier alpha value is -6.43. The van der Waals surface area contributed by atoms with Crippen LogP contribution in [0.15, 0.2) is 65.8 Å². The summed E-state index contributed by atoms with van der Waals surface area (Å²) in [6.45, 7) is -2.52. The second-order valence-corrected chi connectivity index (χ2v) is 13.1. The first-order chi connectivity index (χ1) is 26.9. The number of rotatable bonds is 16. The van der Waals surface area contributed by atoms with E-state index >= 15 is 0 Å². The Morgan fingerprint density at radius 1 is 1.00 bits per heavy atom. The first-order valence-electron chi connectivity index (χ1n) is 17.5. The predicted molar refractivity (Wildman–Crippen MR) is 198 cm³/mol. The number of nitrogens with two attached hydrogens (primary N) is 1. The molecule has 5 amide bonds. The van der Waals surface area contributed by atoms with Crippen LogP contribution in [-0.4, -0.2) is 74.8 Å². The summed E-state index contributed by atoms with van der Waals surface area (Å²) in [5.74, 6) is -3.34. The number of hydrogen-bond acceptors (Lipinski definition) is 12. The number of pyridine rings is 1. The van der Waals surface area contributed by atoms with E-state index < -0.39 is 47.9 Å². The molecule has 1 unspecified atom stereocenters. The van der Waals surface area contributed by atoms with Crippen LogP contribution in [0, 0.1) is 0 Å². The van der Waals surface area contributed by atoms with Gasteiger partial charge in [0.25, 0.3) is 17.7 Å². The molecule has 0 radical (unpaired) electrons. The lowest BCUT2D eigenvalue weighted by Gasteiger charge is -2.27. The highest BCUT2D eigenvalue weighted by Gasteiger charge is 2.45. The number of ether oxygens (including phenoxy) is 2. The highest BCUT2D eigenvalue weighted by atomic mass is 35.5. The molecule has 4 heterocycles. The number of amides is 5. The molecule has 2 aliphatic heterocycles. The minimum Gasteiger partial charge on any atom is -0.490 e. The number of carbonyl (C=O) groups is 5. The average Bonchev–Trinajstić information content (AvgIpc) is 3.41. The molecular weight excluding hydrogens is 758 g/mol. The third kappa shape index (κ3) is 8.75. The lowest BCUT2D eigenvalue weighted by Crippen LogP contribution is -2.54. The van der Waals surface area contributed by atoms with Gasteiger partial charge >= 0.3 is 12.3 Å². The zero-order chi connectivity index (χ0) is 39.9. The number of nitrogens with zero attached hydrogens (tertiary/aromatic N) is 4. The summed E-state index contributed by atoms with van der Waals surface area (Å²) in [6.07, 6.45) is 7.59. The number of hydrogen-bond donors (Lipinski definition) is 4. The van der Waals surface area contributed by atoms with Gasteiger partial charge in [-0.25, -0.2) is 4.79 Å². The monoisotopic (exact) mass is 792 g/mol. The van der Waals surface area contributed by atoms with Crippen molar-refractivity contribution in [2.24, 2.45) is 0 Å². The van der Waals surface area contributed by atoms with Crippen LogP contribution >= 0.6 is 11.6 Å². The van der Waals surface area contributed by atoms with E-state index in [1.807, 2.05) is 0 Å². The Balaban J connectivity index is 0.993. The van der Waals surface area contributed by atoms with Crippen molar-refractivity contribution in [3.8, 4) is 17.2 Å². The molecule has 19 heteroatoms. The molecule has 2 aliphatic rings. The molecule has 4 aromatic rings. The molecule has 16 nitrogen and oxygen atoms in total. The first-order valence-corrected chi connectivity index (χ1v) is 17.9. The standard InChI is InChI=1S/C37H35ClF2N8O8/c38-22-18-42-19-25(47-15-13-28(41)44-37(47)54)31(22)46-32(50)20-9-11-26(56-36(39)40)27(17-20)55-16-5-3-1-2-4-14-43-23-8-6-7-21-30(23)35(53)48(34(21)52)24-10-12-29(49)45-33(24)51/h6-9,11,13,15,17-19,24,36,43H,1-5,10,12,14,16H2,(H2,41,44,54)(H,42,46,50)(H,45,49,51). The van der Waals surface area contributed by atoms with Gasteiger partial charge in [0.05, 0.1) is 40.3 Å². The molecule has 2 aromatic heterocycles. The average molecular weight is 793 g/mol. The molecule has 56 heavy (non-hydrogen) atoms. The van der Waals surface area contributed by atoms with Gasteiger partial charge in [-0.1, -0.05) is 36.9 Å². The van der Waals surface area contributed by atoms with Gasteiger partial charge in [-0.15, -0.1) is 0 Å². The van der Waals surface area contributed by atoms with Crippen molar-refractivity contribution in [2.45, 2.75) is 57.6 Å². The molecule has 5 N–H and O–H groups in total. The van der Waals surface area contributed by atoms with Crippen molar-refractivity contribution in [3.05, 3.63) is 93.3 Å². The van der Waals surface area contributed by atoms with Gasteiger partial charge in [-0.3, -0.25) is 43.7 Å². The molecule has 6 rings (SSSR count). The highest BCUT2D eigenvalue weighted by molar-refractivity contribution is 6.34. The Labute approximate surface area is 322 Å². The van der Waals surface area contributed by atoms with Crippen LogP contribution in [0.3, 0.4) is 0 Å². The maximum atomic E-state index is 13.3. The molecule has 0 bridgehead atoms. The maximum absolute atomic E-state index is 13.3. The van der Waals surface area contributed by atoms with E-state index in [2.05, 4.69) is 30.7 Å². The summed E-state index contributed by atoms with van der Waals surface area (Å²) in [6, 6.07) is 8.91. The number of unbranched alkanes of at least 4 members (excludes halogenated alkanes) is 4. The van der Waals surface area contributed by atoms with E-state index in [1.54, 1.807) is 12.1 Å². The van der Waals surface area contributed by atoms with Crippen LogP contribution in [0.1, 0.15) is 76.0 Å². The largest absolute Gasteiger partial charge is 0.490 e. The van der Waals surface area contributed by atoms with Gasteiger partial charge in [-0.05, 0) is 55.7 Å². The fourth-order valence-corrected chi connectivity index (χ4v) is 6.50. The van der Waals surface area contributed by atoms with E-state index in [9.17, 15) is 37.5 Å². The van der Waals surface area contributed by atoms with Gasteiger partial charge in [0, 0.05) is 36.6 Å². The minimum absolute atomic E-state index is 0.00622. The number of anilines is 3. The Morgan fingerprint density at radius 2 is 1.79 bits per heavy atom. The fraction of sp³-hybridized carbons (Fsp3) is 0.297. The molecular formula is C37H35ClF2N8O8. The number of nitrogen functional groups attached to an aromatic ring is 1. The quantitative estimate of drug-likeness (QED) is 0.0908. The van der Waals surface area contributed by atoms with Crippen molar-refractivity contribution in [3.63, 3.8) is 0 Å². The Bertz CT molecular complexity index is 2250. The van der Waals surface area contributed by atoms with Crippen LogP contribution in [-0.2, 0) is 9.59 Å². The Morgan fingerprint density at radius 3 is 2.55 bits per heavy atom. The van der Waals surface area contributed by atoms with Crippen molar-refractivity contribution in [1.29, 1.82) is 0 Å². The van der Waals surface area contributed by atoms with E-state index in [-0.39, 0.29) is 69.9 Å². The highest BCUT2D eigenvalue weighted by Crippen LogP contribution is 2.34. The third-order valence-corrected chi connectivity index (χ3v) is 9.27. The molecule has 0 aliphatic carbocycles. The second-order valence-electron chi connectivity index (χ2n) is 12.7. The summed E-state index contributed by atoms with van der Waals surface area (Å²) in [7, 11) is 0. The van der Waals surface area contributed by atoms with Crippen LogP contribution in [0.5, 0.6) is 11.5 Å². The molecule has 2 aromatic carbocycles. The van der Waals surface area contributed by atoms with Crippen molar-refractivity contribution in [2.75, 3.05) is 29.5 Å². The van der Waals surface area contributed by atoms with Crippen LogP contribution < -0.4 is 36.8 Å². The van der Waals surface area contributed by atoms with E-state index in [0.717, 1.165) is 35.2 Å². The zero-order valence-electron chi connectivity index (χ0n) is 29.6. The number of alkyl halides is 2. The SMILES string of the molecule is Nc1ccn(-c2cncc(Cl)c2NC(=O)c2ccc(OC(F)F)c(OCCCCCCCNc3cccc4c3C(=O)N(C3CCC(=O)NC3=O)C4=O)c2)c(=O)n1. The summed E-state index contributed by atoms with van der Waals surface area (Å²) >= 11 is 6.33. The van der Waals surface area contributed by atoms with Crippen molar-refractivity contribution < 1.29 is 42.2 Å². The summed E-state index contributed by atoms with van der Waals surface area (Å²) < 4.78 is 37.9. The molecule has 292 valence electrons. The zero-order valence-corrected chi connectivity index (χ0v) is 30.3. The smallest absolute Gasteiger partial charge is 0.387 e. The fourth-order valence-electron chi connectivity index (χ4n) is 6.30. The van der Waals surface area contributed by atoms with E-state index in [4.69, 9.17) is 22.1 Å². The van der Waals surface area contributed by atoms with Crippen LogP contribution in [0.25, 0.3) is 5.69 Å². The van der Waals surface area contributed by atoms with Crippen molar-refractivity contribution >= 4 is 58.3 Å². The topological polar surface area (TPSA) is 217 Å². The van der Waals surface area contributed by atoms with Crippen molar-refractivity contribution in [1.82, 2.24) is 24.8 Å². The van der Waals surface area contributed by atoms with Gasteiger partial charge in [-0.2, -0.15) is 13.8 Å². The number of benzene rings is 2. The summed E-state index contributed by atoms with van der Waals surface area (Å²) in [5.41, 5.74) is 5.88. The summed E-state index contributed by atoms with van der Waals surface area (Å²) in [4.78, 5) is 84.7. The predicted octanol–water partition coefficient (Wildman–Crippen LogP) is 4.56. The molecule has 1 fully saturated rings. The van der Waals surface area contributed by atoms with Gasteiger partial charge < -0.3 is 25.8 Å². The summed E-state index contributed by atoms with van der Waals surface area (Å²) in [5, 5.41) is 8.04. The normalized spacial score (nSPS) is 15.1. The number of imide groups is 2. The second kappa shape index (κ2) is 17.4. The van der Waals surface area contributed by atoms with E-state index in [1.165, 1.54) is 48.9 Å². The minimum atomic E-state index is -3.14. The van der Waals surface area contributed by atoms with Crippen LogP contribution in [0.4, 0.5) is 26.0 Å². The number of fused-ring (bicyclic) bond motifs is 1. The molecule has 1 saturated heterocycles. The third-order valence-electron chi connectivity index (χ3n) is 8.99. The number of nitrogens with one attached hydrogen (secondary N) is 3. The lowest BCUT2D eigenvalue weighted by atomic mass is 10.0. The van der Waals surface area contributed by atoms with Crippen LogP contribution in [0.2, 0.25) is 5.02 Å². The molecule has 0 spiro atoms. The number of halogens is 3. The molecule has 1 atom stereocenters. The lowest BCUT2D eigenvalue weighted by molar-refractivity contribution is -0.136. The van der Waals surface area contributed by atoms with Gasteiger partial charge in [0.2, 0.25) is 11.8 Å². The number of aromatic nitrogens is 3. The van der Waals surface area contributed by atoms with E-state index in [0.29, 0.717) is 18.7 Å². The molecule has 0 saturated carbocycles. The number of piperidine rings is 1.